The van der Waals surface area contributed by atoms with Crippen LogP contribution in [0.3, 0.4) is 0 Å². The van der Waals surface area contributed by atoms with Crippen LogP contribution in [-0.2, 0) is 4.74 Å². The van der Waals surface area contributed by atoms with Gasteiger partial charge in [0.05, 0.1) is 6.61 Å². The van der Waals surface area contributed by atoms with Gasteiger partial charge in [0, 0.05) is 36.6 Å². The summed E-state index contributed by atoms with van der Waals surface area (Å²) in [6.45, 7) is 5.40. The zero-order valence-electron chi connectivity index (χ0n) is 15.5. The summed E-state index contributed by atoms with van der Waals surface area (Å²) in [6.07, 6.45) is 1.39. The molecule has 0 saturated carbocycles. The number of likely N-dealkylation sites (tertiary alicyclic amines) is 1. The van der Waals surface area contributed by atoms with Crippen LogP contribution < -0.4 is 10.6 Å². The molecule has 0 spiro atoms. The molecule has 1 saturated heterocycles. The molecule has 1 aliphatic rings. The van der Waals surface area contributed by atoms with Crippen LogP contribution in [-0.4, -0.2) is 46.7 Å². The summed E-state index contributed by atoms with van der Waals surface area (Å²) in [5.74, 6) is 0.886. The Morgan fingerprint density at radius 1 is 1.26 bits per heavy atom. The predicted molar refractivity (Wildman–Crippen MR) is 102 cm³/mol. The Morgan fingerprint density at radius 3 is 2.63 bits per heavy atom. The van der Waals surface area contributed by atoms with Crippen molar-refractivity contribution in [3.8, 4) is 0 Å². The number of halogens is 1. The maximum absolute atomic E-state index is 13.0. The van der Waals surface area contributed by atoms with Crippen molar-refractivity contribution in [1.82, 2.24) is 14.9 Å². The molecule has 2 heterocycles. The molecule has 1 fully saturated rings. The van der Waals surface area contributed by atoms with E-state index in [1.54, 1.807) is 24.0 Å². The number of anilines is 3. The fourth-order valence-electron chi connectivity index (χ4n) is 2.99. The normalized spacial score (nSPS) is 14.7. The summed E-state index contributed by atoms with van der Waals surface area (Å²) in [4.78, 5) is 22.4. The predicted octanol–water partition coefficient (Wildman–Crippen LogP) is 3.70. The number of nitrogens with one attached hydrogen (secondary N) is 2. The van der Waals surface area contributed by atoms with Gasteiger partial charge >= 0.3 is 6.09 Å². The van der Waals surface area contributed by atoms with Gasteiger partial charge in [-0.05, 0) is 51.0 Å². The molecular formula is C19H24FN5O2. The van der Waals surface area contributed by atoms with E-state index in [1.165, 1.54) is 12.1 Å². The Kier molecular flexibility index (Phi) is 6.05. The van der Waals surface area contributed by atoms with Crippen LogP contribution in [0, 0.1) is 12.7 Å². The standard InChI is InChI=1S/C19H24FN5O2/c1-3-27-19(26)25-10-8-16(9-11-25)22-17-12-13(2)21-18(24-17)23-15-6-4-14(20)5-7-15/h4-7,12,16H,3,8-11H2,1-2H3,(H2,21,22,23,24). The lowest BCUT2D eigenvalue weighted by Gasteiger charge is -2.31. The average Bonchev–Trinajstić information content (AvgIpc) is 2.64. The molecule has 0 radical (unpaired) electrons. The second kappa shape index (κ2) is 8.66. The maximum atomic E-state index is 13.0. The minimum absolute atomic E-state index is 0.226. The number of hydrogen-bond donors (Lipinski definition) is 2. The number of carbonyl (C=O) groups is 1. The van der Waals surface area contributed by atoms with Gasteiger partial charge in [-0.25, -0.2) is 14.2 Å². The van der Waals surface area contributed by atoms with Gasteiger partial charge in [-0.15, -0.1) is 0 Å². The number of aryl methyl sites for hydroxylation is 1. The first kappa shape index (κ1) is 18.9. The number of nitrogens with zero attached hydrogens (tertiary/aromatic N) is 3. The molecule has 0 aliphatic carbocycles. The third-order valence-electron chi connectivity index (χ3n) is 4.33. The summed E-state index contributed by atoms with van der Waals surface area (Å²) in [5.41, 5.74) is 1.54. The number of carbonyl (C=O) groups excluding carboxylic acids is 1. The molecule has 27 heavy (non-hydrogen) atoms. The third kappa shape index (κ3) is 5.29. The molecule has 0 atom stereocenters. The molecule has 3 rings (SSSR count). The molecule has 1 aliphatic heterocycles. The van der Waals surface area contributed by atoms with Crippen LogP contribution in [0.1, 0.15) is 25.5 Å². The second-order valence-electron chi connectivity index (χ2n) is 6.45. The van der Waals surface area contributed by atoms with Crippen molar-refractivity contribution >= 4 is 23.5 Å². The van der Waals surface area contributed by atoms with Crippen molar-refractivity contribution in [2.24, 2.45) is 0 Å². The highest BCUT2D eigenvalue weighted by Gasteiger charge is 2.23. The molecule has 8 heteroatoms. The summed E-state index contributed by atoms with van der Waals surface area (Å²) in [6, 6.07) is 8.15. The summed E-state index contributed by atoms with van der Waals surface area (Å²) >= 11 is 0. The van der Waals surface area contributed by atoms with Gasteiger partial charge in [0.25, 0.3) is 0 Å². The van der Waals surface area contributed by atoms with Crippen molar-refractivity contribution in [3.63, 3.8) is 0 Å². The van der Waals surface area contributed by atoms with Gasteiger partial charge in [0.15, 0.2) is 0 Å². The Labute approximate surface area is 158 Å². The van der Waals surface area contributed by atoms with E-state index in [4.69, 9.17) is 4.74 Å². The number of ether oxygens (including phenoxy) is 1. The number of amides is 1. The van der Waals surface area contributed by atoms with Crippen LogP contribution in [0.25, 0.3) is 0 Å². The first-order valence-electron chi connectivity index (χ1n) is 9.10. The van der Waals surface area contributed by atoms with Gasteiger partial charge in [0.1, 0.15) is 11.6 Å². The van der Waals surface area contributed by atoms with Gasteiger partial charge in [0.2, 0.25) is 5.95 Å². The zero-order valence-corrected chi connectivity index (χ0v) is 15.5. The number of hydrogen-bond acceptors (Lipinski definition) is 6. The van der Waals surface area contributed by atoms with Gasteiger partial charge in [-0.2, -0.15) is 4.98 Å². The molecule has 7 nitrogen and oxygen atoms in total. The van der Waals surface area contributed by atoms with E-state index in [1.807, 2.05) is 13.0 Å². The minimum atomic E-state index is -0.290. The Bertz CT molecular complexity index is 776. The quantitative estimate of drug-likeness (QED) is 0.832. The first-order valence-corrected chi connectivity index (χ1v) is 9.10. The average molecular weight is 373 g/mol. The van der Waals surface area contributed by atoms with E-state index in [2.05, 4.69) is 20.6 Å². The zero-order chi connectivity index (χ0) is 19.2. The number of rotatable bonds is 5. The molecule has 2 N–H and O–H groups in total. The number of piperidine rings is 1. The van der Waals surface area contributed by atoms with E-state index in [9.17, 15) is 9.18 Å². The Morgan fingerprint density at radius 2 is 1.96 bits per heavy atom. The number of aromatic nitrogens is 2. The summed E-state index contributed by atoms with van der Waals surface area (Å²) in [7, 11) is 0. The van der Waals surface area contributed by atoms with Crippen molar-refractivity contribution in [1.29, 1.82) is 0 Å². The van der Waals surface area contributed by atoms with Crippen molar-refractivity contribution < 1.29 is 13.9 Å². The van der Waals surface area contributed by atoms with Crippen LogP contribution in [0.15, 0.2) is 30.3 Å². The highest BCUT2D eigenvalue weighted by Crippen LogP contribution is 2.19. The highest BCUT2D eigenvalue weighted by atomic mass is 19.1. The molecular weight excluding hydrogens is 349 g/mol. The lowest BCUT2D eigenvalue weighted by Crippen LogP contribution is -2.42. The summed E-state index contributed by atoms with van der Waals surface area (Å²) in [5, 5.41) is 6.51. The Balaban J connectivity index is 1.60. The van der Waals surface area contributed by atoms with Crippen LogP contribution in [0.4, 0.5) is 26.6 Å². The van der Waals surface area contributed by atoms with Gasteiger partial charge < -0.3 is 20.3 Å². The van der Waals surface area contributed by atoms with E-state index >= 15 is 0 Å². The molecule has 1 amide bonds. The highest BCUT2D eigenvalue weighted by molar-refractivity contribution is 5.67. The fourth-order valence-corrected chi connectivity index (χ4v) is 2.99. The lowest BCUT2D eigenvalue weighted by molar-refractivity contribution is 0.0983. The first-order chi connectivity index (χ1) is 13.0. The van der Waals surface area contributed by atoms with E-state index in [-0.39, 0.29) is 18.0 Å². The molecule has 0 bridgehead atoms. The smallest absolute Gasteiger partial charge is 0.409 e. The van der Waals surface area contributed by atoms with E-state index in [0.717, 1.165) is 30.0 Å². The molecule has 0 unspecified atom stereocenters. The largest absolute Gasteiger partial charge is 0.450 e. The van der Waals surface area contributed by atoms with Crippen LogP contribution in [0.2, 0.25) is 0 Å². The van der Waals surface area contributed by atoms with Gasteiger partial charge in [-0.3, -0.25) is 0 Å². The molecule has 144 valence electrons. The second-order valence-corrected chi connectivity index (χ2v) is 6.45. The SMILES string of the molecule is CCOC(=O)N1CCC(Nc2cc(C)nc(Nc3ccc(F)cc3)n2)CC1. The van der Waals surface area contributed by atoms with Crippen molar-refractivity contribution in [3.05, 3.63) is 41.8 Å². The molecule has 1 aromatic carbocycles. The van der Waals surface area contributed by atoms with E-state index in [0.29, 0.717) is 25.6 Å². The van der Waals surface area contributed by atoms with Gasteiger partial charge in [-0.1, -0.05) is 0 Å². The number of benzene rings is 1. The molecule has 2 aromatic rings. The summed E-state index contributed by atoms with van der Waals surface area (Å²) < 4.78 is 18.1. The topological polar surface area (TPSA) is 79.4 Å². The maximum Gasteiger partial charge on any atom is 0.409 e. The molecule has 1 aromatic heterocycles. The minimum Gasteiger partial charge on any atom is -0.450 e. The lowest BCUT2D eigenvalue weighted by atomic mass is 10.1. The monoisotopic (exact) mass is 373 g/mol. The third-order valence-corrected chi connectivity index (χ3v) is 4.33. The fraction of sp³-hybridized carbons (Fsp3) is 0.421. The Hall–Kier alpha value is -2.90. The van der Waals surface area contributed by atoms with E-state index < -0.39 is 0 Å². The van der Waals surface area contributed by atoms with Crippen LogP contribution in [0.5, 0.6) is 0 Å². The van der Waals surface area contributed by atoms with Crippen LogP contribution >= 0.6 is 0 Å². The van der Waals surface area contributed by atoms with Crippen molar-refractivity contribution in [2.75, 3.05) is 30.3 Å². The van der Waals surface area contributed by atoms with Crippen molar-refractivity contribution in [2.45, 2.75) is 32.7 Å².